The van der Waals surface area contributed by atoms with Crippen molar-refractivity contribution in [1.82, 2.24) is 0 Å². The van der Waals surface area contributed by atoms with Gasteiger partial charge < -0.3 is 0 Å². The third-order valence-electron chi connectivity index (χ3n) is 0.533. The Labute approximate surface area is 85.6 Å². The first-order valence-electron chi connectivity index (χ1n) is 2.13. The Kier molecular flexibility index (Phi) is 5.35. The van der Waals surface area contributed by atoms with Gasteiger partial charge in [0.2, 0.25) is 0 Å². The molecule has 0 amide bonds. The second kappa shape index (κ2) is 4.08. The van der Waals surface area contributed by atoms with Crippen LogP contribution in [0.15, 0.2) is 0 Å². The van der Waals surface area contributed by atoms with Crippen molar-refractivity contribution in [2.75, 3.05) is 0 Å². The van der Waals surface area contributed by atoms with Crippen LogP contribution in [0.5, 0.6) is 0 Å². The summed E-state index contributed by atoms with van der Waals surface area (Å²) in [6, 6.07) is 0. The summed E-state index contributed by atoms with van der Waals surface area (Å²) in [7, 11) is 0. The lowest BCUT2D eigenvalue weighted by atomic mass is 10.4. The van der Waals surface area contributed by atoms with Crippen LogP contribution in [0.4, 0.5) is 0 Å². The van der Waals surface area contributed by atoms with Crippen molar-refractivity contribution in [3.63, 3.8) is 0 Å². The Morgan fingerprint density at radius 2 is 1.71 bits per heavy atom. The molecule has 44 valence electrons. The summed E-state index contributed by atoms with van der Waals surface area (Å²) in [5.41, 5.74) is 0. The molecule has 3 heteroatoms. The Morgan fingerprint density at radius 3 is 1.71 bits per heavy atom. The van der Waals surface area contributed by atoms with Crippen molar-refractivity contribution in [3.8, 4) is 0 Å². The maximum Gasteiger partial charge on any atom is 0.124 e. The van der Waals surface area contributed by atoms with Crippen molar-refractivity contribution < 1.29 is 0 Å². The molecule has 0 rings (SSSR count). The summed E-state index contributed by atoms with van der Waals surface area (Å²) in [6.45, 7) is 2.21. The van der Waals surface area contributed by atoms with Gasteiger partial charge in [-0.3, -0.25) is 0 Å². The zero-order valence-corrected chi connectivity index (χ0v) is 10.5. The highest BCUT2D eigenvalue weighted by atomic mass is 127. The molecule has 0 aliphatic heterocycles. The predicted octanol–water partition coefficient (Wildman–Crippen LogP) is 3.75. The molecular formula is C4H7I3. The average Bonchev–Trinajstić information content (AvgIpc) is 1.30. The van der Waals surface area contributed by atoms with Gasteiger partial charge in [-0.15, -0.1) is 0 Å². The Bertz CT molecular complexity index is 45.4. The molecule has 0 N–H and O–H groups in total. The summed E-state index contributed by atoms with van der Waals surface area (Å²) in [6.07, 6.45) is 2.59. The van der Waals surface area contributed by atoms with Gasteiger partial charge in [-0.25, -0.2) is 0 Å². The van der Waals surface area contributed by atoms with E-state index < -0.39 is 0 Å². The Morgan fingerprint density at radius 1 is 1.29 bits per heavy atom. The van der Waals surface area contributed by atoms with E-state index in [0.717, 1.165) is 0 Å². The second-order valence-electron chi connectivity index (χ2n) is 1.37. The van der Waals surface area contributed by atoms with Crippen molar-refractivity contribution in [2.24, 2.45) is 0 Å². The highest BCUT2D eigenvalue weighted by Gasteiger charge is 2.13. The molecule has 0 spiro atoms. The second-order valence-corrected chi connectivity index (χ2v) is 13.1. The molecule has 0 aliphatic rings. The standard InChI is InChI=1S/C4H7I3/c1-2-3-4(5,6)7/h2-3H2,1H3. The molecule has 0 nitrogen and oxygen atoms in total. The third kappa shape index (κ3) is 8.19. The van der Waals surface area contributed by atoms with Crippen molar-refractivity contribution >= 4 is 67.8 Å². The summed E-state index contributed by atoms with van der Waals surface area (Å²) >= 11 is 7.35. The number of hydrogen-bond acceptors (Lipinski definition) is 0. The largest absolute Gasteiger partial charge is 0.124 e. The SMILES string of the molecule is CCCC(I)(I)I. The van der Waals surface area contributed by atoms with E-state index in [1.165, 1.54) is 12.8 Å². The van der Waals surface area contributed by atoms with Crippen LogP contribution in [0.1, 0.15) is 19.8 Å². The van der Waals surface area contributed by atoms with E-state index in [0.29, 0.717) is -0.565 Å². The molecule has 0 aromatic heterocycles. The minimum atomic E-state index is 0.460. The molecule has 0 atom stereocenters. The first-order chi connectivity index (χ1) is 3.06. The fourth-order valence-corrected chi connectivity index (χ4v) is 1.90. The molecule has 0 saturated heterocycles. The molecule has 0 radical (unpaired) electrons. The molecular weight excluding hydrogens is 429 g/mol. The predicted molar refractivity (Wildman–Crippen MR) is 59.7 cm³/mol. The van der Waals surface area contributed by atoms with Crippen molar-refractivity contribution in [3.05, 3.63) is 0 Å². The lowest BCUT2D eigenvalue weighted by Crippen LogP contribution is -1.94. The highest BCUT2D eigenvalue weighted by molar-refractivity contribution is 14.3. The first-order valence-corrected chi connectivity index (χ1v) is 5.36. The van der Waals surface area contributed by atoms with Crippen LogP contribution in [0.25, 0.3) is 0 Å². The lowest BCUT2D eigenvalue weighted by molar-refractivity contribution is 0.886. The maximum atomic E-state index is 2.45. The van der Waals surface area contributed by atoms with Crippen LogP contribution in [0.3, 0.4) is 0 Å². The minimum absolute atomic E-state index is 0.460. The van der Waals surface area contributed by atoms with Crippen LogP contribution < -0.4 is 0 Å². The summed E-state index contributed by atoms with van der Waals surface area (Å²) < 4.78 is 0.460. The van der Waals surface area contributed by atoms with E-state index in [4.69, 9.17) is 0 Å². The quantitative estimate of drug-likeness (QED) is 0.458. The van der Waals surface area contributed by atoms with Gasteiger partial charge in [0.05, 0.1) is 0 Å². The van der Waals surface area contributed by atoms with E-state index in [-0.39, 0.29) is 0 Å². The zero-order chi connectivity index (χ0) is 5.91. The fraction of sp³-hybridized carbons (Fsp3) is 1.00. The molecule has 0 heterocycles. The van der Waals surface area contributed by atoms with Gasteiger partial charge in [0.1, 0.15) is -0.565 Å². The molecule has 0 aliphatic carbocycles. The monoisotopic (exact) mass is 436 g/mol. The highest BCUT2D eigenvalue weighted by Crippen LogP contribution is 2.39. The molecule has 0 aromatic carbocycles. The number of alkyl halides is 3. The molecule has 0 saturated carbocycles. The van der Waals surface area contributed by atoms with Crippen LogP contribution in [-0.2, 0) is 0 Å². The van der Waals surface area contributed by atoms with E-state index >= 15 is 0 Å². The fourth-order valence-electron chi connectivity index (χ4n) is 0.283. The number of rotatable bonds is 2. The minimum Gasteiger partial charge on any atom is -0.0653 e. The summed E-state index contributed by atoms with van der Waals surface area (Å²) in [4.78, 5) is 0. The van der Waals surface area contributed by atoms with E-state index in [1.54, 1.807) is 0 Å². The zero-order valence-electron chi connectivity index (χ0n) is 4.05. The van der Waals surface area contributed by atoms with Gasteiger partial charge in [0.15, 0.2) is 0 Å². The summed E-state index contributed by atoms with van der Waals surface area (Å²) in [5, 5.41) is 0. The molecule has 0 aromatic rings. The van der Waals surface area contributed by atoms with E-state index in [1.807, 2.05) is 0 Å². The van der Waals surface area contributed by atoms with Crippen LogP contribution in [0, 0.1) is 0 Å². The Balaban J connectivity index is 3.15. The molecule has 0 fully saturated rings. The van der Waals surface area contributed by atoms with Crippen molar-refractivity contribution in [1.29, 1.82) is 0 Å². The summed E-state index contributed by atoms with van der Waals surface area (Å²) in [5.74, 6) is 0. The third-order valence-corrected chi connectivity index (χ3v) is 2.15. The topological polar surface area (TPSA) is 0 Å². The van der Waals surface area contributed by atoms with Gasteiger partial charge >= 0.3 is 0 Å². The molecule has 0 bridgehead atoms. The van der Waals surface area contributed by atoms with Gasteiger partial charge in [0.25, 0.3) is 0 Å². The first kappa shape index (κ1) is 9.19. The smallest absolute Gasteiger partial charge is 0.0653 e. The Hall–Kier alpha value is 2.19. The normalized spacial score (nSPS) is 12.0. The van der Waals surface area contributed by atoms with Gasteiger partial charge in [-0.05, 0) is 6.42 Å². The van der Waals surface area contributed by atoms with Gasteiger partial charge in [0, 0.05) is 0 Å². The lowest BCUT2D eigenvalue weighted by Gasteiger charge is -2.07. The molecule has 7 heavy (non-hydrogen) atoms. The van der Waals surface area contributed by atoms with Crippen LogP contribution in [0.2, 0.25) is 0 Å². The van der Waals surface area contributed by atoms with Gasteiger partial charge in [-0.1, -0.05) is 81.1 Å². The number of hydrogen-bond donors (Lipinski definition) is 0. The van der Waals surface area contributed by atoms with Crippen molar-refractivity contribution in [2.45, 2.75) is 19.2 Å². The maximum absolute atomic E-state index is 2.45. The molecule has 0 unspecified atom stereocenters. The van der Waals surface area contributed by atoms with Crippen LogP contribution in [-0.4, -0.2) is -0.565 Å². The van der Waals surface area contributed by atoms with Gasteiger partial charge in [-0.2, -0.15) is 0 Å². The van der Waals surface area contributed by atoms with E-state index in [2.05, 4.69) is 74.7 Å². The number of halogens is 3. The van der Waals surface area contributed by atoms with E-state index in [9.17, 15) is 0 Å². The average molecular weight is 436 g/mol. The van der Waals surface area contributed by atoms with Crippen LogP contribution >= 0.6 is 67.8 Å².